The molecular formula is C15H25NS3. The van der Waals surface area contributed by atoms with E-state index in [4.69, 9.17) is 0 Å². The molecular weight excluding hydrogens is 290 g/mol. The molecule has 0 amide bonds. The molecule has 1 N–H and O–H groups in total. The van der Waals surface area contributed by atoms with E-state index in [1.165, 1.54) is 24.2 Å². The van der Waals surface area contributed by atoms with Crippen molar-refractivity contribution < 1.29 is 0 Å². The molecule has 2 rings (SSSR count). The summed E-state index contributed by atoms with van der Waals surface area (Å²) < 4.78 is 0. The Balaban J connectivity index is 1.96. The van der Waals surface area contributed by atoms with Gasteiger partial charge in [-0.1, -0.05) is 20.8 Å². The van der Waals surface area contributed by atoms with Gasteiger partial charge in [0.2, 0.25) is 0 Å². The third-order valence-corrected chi connectivity index (χ3v) is 8.00. The van der Waals surface area contributed by atoms with E-state index in [1.54, 1.807) is 0 Å². The van der Waals surface area contributed by atoms with Crippen molar-refractivity contribution in [3.05, 3.63) is 22.4 Å². The molecule has 4 unspecified atom stereocenters. The van der Waals surface area contributed by atoms with Crippen molar-refractivity contribution in [3.8, 4) is 0 Å². The monoisotopic (exact) mass is 315 g/mol. The minimum Gasteiger partial charge on any atom is -0.313 e. The molecule has 0 spiro atoms. The van der Waals surface area contributed by atoms with Crippen molar-refractivity contribution in [2.24, 2.45) is 0 Å². The topological polar surface area (TPSA) is 12.0 Å². The predicted molar refractivity (Wildman–Crippen MR) is 92.9 cm³/mol. The van der Waals surface area contributed by atoms with Crippen molar-refractivity contribution in [3.63, 3.8) is 0 Å². The Morgan fingerprint density at radius 1 is 1.37 bits per heavy atom. The van der Waals surface area contributed by atoms with Crippen LogP contribution in [0.5, 0.6) is 0 Å². The molecule has 0 aliphatic carbocycles. The zero-order chi connectivity index (χ0) is 13.7. The highest BCUT2D eigenvalue weighted by atomic mass is 32.2. The predicted octanol–water partition coefficient (Wildman–Crippen LogP) is 4.28. The number of hydrogen-bond donors (Lipinski definition) is 1. The summed E-state index contributed by atoms with van der Waals surface area (Å²) in [6, 6.07) is 2.90. The highest BCUT2D eigenvalue weighted by Gasteiger charge is 2.31. The lowest BCUT2D eigenvalue weighted by molar-refractivity contribution is 0.504. The molecule has 2 heterocycles. The van der Waals surface area contributed by atoms with Crippen LogP contribution in [0.15, 0.2) is 16.8 Å². The molecule has 4 heteroatoms. The number of nitrogens with one attached hydrogen (secondary N) is 1. The van der Waals surface area contributed by atoms with E-state index in [0.29, 0.717) is 6.04 Å². The second kappa shape index (κ2) is 7.96. The van der Waals surface area contributed by atoms with Gasteiger partial charge < -0.3 is 5.32 Å². The Morgan fingerprint density at radius 2 is 2.21 bits per heavy atom. The molecule has 19 heavy (non-hydrogen) atoms. The zero-order valence-electron chi connectivity index (χ0n) is 12.1. The van der Waals surface area contributed by atoms with Gasteiger partial charge in [-0.2, -0.15) is 34.9 Å². The van der Waals surface area contributed by atoms with Crippen LogP contribution in [0.2, 0.25) is 0 Å². The summed E-state index contributed by atoms with van der Waals surface area (Å²) >= 11 is 6.16. The van der Waals surface area contributed by atoms with Crippen LogP contribution in [0, 0.1) is 0 Å². The SMILES string of the molecule is CCCNC(Cc1ccsc1)C1CSC(C)C(C)S1. The van der Waals surface area contributed by atoms with Crippen molar-refractivity contribution in [1.82, 2.24) is 5.32 Å². The van der Waals surface area contributed by atoms with E-state index in [9.17, 15) is 0 Å². The maximum atomic E-state index is 3.78. The van der Waals surface area contributed by atoms with E-state index in [1.807, 2.05) is 11.3 Å². The van der Waals surface area contributed by atoms with E-state index in [2.05, 4.69) is 66.4 Å². The third-order valence-electron chi connectivity index (χ3n) is 3.71. The summed E-state index contributed by atoms with van der Waals surface area (Å²) in [5.41, 5.74) is 1.50. The molecule has 1 aliphatic rings. The van der Waals surface area contributed by atoms with Crippen LogP contribution in [0.4, 0.5) is 0 Å². The molecule has 1 aromatic rings. The molecule has 0 saturated carbocycles. The first kappa shape index (κ1) is 15.7. The largest absolute Gasteiger partial charge is 0.313 e. The molecule has 0 bridgehead atoms. The van der Waals surface area contributed by atoms with Gasteiger partial charge in [-0.25, -0.2) is 0 Å². The van der Waals surface area contributed by atoms with E-state index in [0.717, 1.165) is 22.3 Å². The molecule has 1 aromatic heterocycles. The minimum absolute atomic E-state index is 0.627. The standard InChI is InChI=1S/C15H25NS3/c1-4-6-16-14(8-13-5-7-17-9-13)15-10-18-11(2)12(3)19-15/h5,7,9,11-12,14-16H,4,6,8,10H2,1-3H3. The van der Waals surface area contributed by atoms with Crippen LogP contribution in [-0.2, 0) is 6.42 Å². The molecule has 0 aromatic carbocycles. The van der Waals surface area contributed by atoms with Crippen LogP contribution in [0.1, 0.15) is 32.8 Å². The maximum Gasteiger partial charge on any atom is 0.0298 e. The summed E-state index contributed by atoms with van der Waals surface area (Å²) in [6.45, 7) is 8.14. The number of rotatable bonds is 6. The first-order chi connectivity index (χ1) is 9.20. The molecule has 108 valence electrons. The molecule has 4 atom stereocenters. The van der Waals surface area contributed by atoms with Crippen molar-refractivity contribution in [2.45, 2.75) is 55.4 Å². The fraction of sp³-hybridized carbons (Fsp3) is 0.733. The normalized spacial score (nSPS) is 29.3. The van der Waals surface area contributed by atoms with Crippen LogP contribution in [0.25, 0.3) is 0 Å². The second-order valence-corrected chi connectivity index (χ2v) is 9.13. The quantitative estimate of drug-likeness (QED) is 0.841. The average molecular weight is 316 g/mol. The summed E-state index contributed by atoms with van der Waals surface area (Å²) in [5, 5.41) is 10.6. The van der Waals surface area contributed by atoms with Gasteiger partial charge in [-0.3, -0.25) is 0 Å². The number of hydrogen-bond acceptors (Lipinski definition) is 4. The first-order valence-corrected chi connectivity index (χ1v) is 10.2. The van der Waals surface area contributed by atoms with E-state index in [-0.39, 0.29) is 0 Å². The lowest BCUT2D eigenvalue weighted by Crippen LogP contribution is -2.44. The van der Waals surface area contributed by atoms with Crippen molar-refractivity contribution in [1.29, 1.82) is 0 Å². The van der Waals surface area contributed by atoms with Crippen molar-refractivity contribution >= 4 is 34.9 Å². The van der Waals surface area contributed by atoms with Crippen LogP contribution < -0.4 is 5.32 Å². The van der Waals surface area contributed by atoms with Gasteiger partial charge in [0.1, 0.15) is 0 Å². The molecule has 1 saturated heterocycles. The summed E-state index contributed by atoms with van der Waals surface area (Å²) in [4.78, 5) is 0. The highest BCUT2D eigenvalue weighted by molar-refractivity contribution is 8.07. The van der Waals surface area contributed by atoms with Crippen molar-refractivity contribution in [2.75, 3.05) is 12.3 Å². The van der Waals surface area contributed by atoms with Gasteiger partial charge in [-0.05, 0) is 41.8 Å². The zero-order valence-corrected chi connectivity index (χ0v) is 14.5. The summed E-state index contributed by atoms with van der Waals surface area (Å²) in [6.07, 6.45) is 2.40. The lowest BCUT2D eigenvalue weighted by atomic mass is 10.1. The summed E-state index contributed by atoms with van der Waals surface area (Å²) in [5.74, 6) is 1.29. The fourth-order valence-corrected chi connectivity index (χ4v) is 6.16. The van der Waals surface area contributed by atoms with Gasteiger partial charge in [0.05, 0.1) is 0 Å². The Kier molecular flexibility index (Phi) is 6.60. The van der Waals surface area contributed by atoms with Gasteiger partial charge >= 0.3 is 0 Å². The minimum atomic E-state index is 0.627. The second-order valence-electron chi connectivity index (χ2n) is 5.31. The van der Waals surface area contributed by atoms with Crippen LogP contribution in [-0.4, -0.2) is 34.1 Å². The molecule has 1 aliphatic heterocycles. The molecule has 0 radical (unpaired) electrons. The lowest BCUT2D eigenvalue weighted by Gasteiger charge is -2.36. The Hall–Kier alpha value is 0.360. The van der Waals surface area contributed by atoms with E-state index >= 15 is 0 Å². The van der Waals surface area contributed by atoms with Gasteiger partial charge in [0.15, 0.2) is 0 Å². The number of thiophene rings is 1. The third kappa shape index (κ3) is 4.69. The van der Waals surface area contributed by atoms with Gasteiger partial charge in [-0.15, -0.1) is 0 Å². The van der Waals surface area contributed by atoms with Gasteiger partial charge in [0.25, 0.3) is 0 Å². The maximum absolute atomic E-state index is 3.78. The van der Waals surface area contributed by atoms with Gasteiger partial charge in [0, 0.05) is 27.5 Å². The molecule has 1 fully saturated rings. The Morgan fingerprint density at radius 3 is 2.84 bits per heavy atom. The van der Waals surface area contributed by atoms with E-state index < -0.39 is 0 Å². The van der Waals surface area contributed by atoms with Crippen LogP contribution >= 0.6 is 34.9 Å². The van der Waals surface area contributed by atoms with Crippen LogP contribution in [0.3, 0.4) is 0 Å². The number of thioether (sulfide) groups is 2. The average Bonchev–Trinajstić information content (AvgIpc) is 2.91. The molecule has 1 nitrogen and oxygen atoms in total. The Labute approximate surface area is 130 Å². The Bertz CT molecular complexity index is 352. The summed E-state index contributed by atoms with van der Waals surface area (Å²) in [7, 11) is 0. The smallest absolute Gasteiger partial charge is 0.0298 e. The first-order valence-electron chi connectivity index (χ1n) is 7.22. The fourth-order valence-electron chi connectivity index (χ4n) is 2.35. The highest BCUT2D eigenvalue weighted by Crippen LogP contribution is 2.37.